The van der Waals surface area contributed by atoms with Gasteiger partial charge in [-0.15, -0.1) is 0 Å². The molecule has 0 aliphatic rings. The Bertz CT molecular complexity index is 980. The smallest absolute Gasteiger partial charge is 0.349 e. The number of hydrogen-bond donors (Lipinski definition) is 2. The van der Waals surface area contributed by atoms with Gasteiger partial charge in [0.05, 0.1) is 18.7 Å². The van der Waals surface area contributed by atoms with Crippen molar-refractivity contribution in [2.75, 3.05) is 24.4 Å². The summed E-state index contributed by atoms with van der Waals surface area (Å²) in [7, 11) is 1.55. The molecule has 1 aromatic heterocycles. The molecule has 0 aliphatic carbocycles. The van der Waals surface area contributed by atoms with Gasteiger partial charge < -0.3 is 10.1 Å². The molecule has 1 heterocycles. The molecule has 0 fully saturated rings. The summed E-state index contributed by atoms with van der Waals surface area (Å²) in [5.41, 5.74) is 1.85. The zero-order chi connectivity index (χ0) is 18.5. The van der Waals surface area contributed by atoms with E-state index in [9.17, 15) is 9.59 Å². The maximum Gasteiger partial charge on any atom is 0.349 e. The Morgan fingerprint density at radius 1 is 1.12 bits per heavy atom. The summed E-state index contributed by atoms with van der Waals surface area (Å²) in [5, 5.41) is 6.23. The van der Waals surface area contributed by atoms with Crippen LogP contribution >= 0.6 is 0 Å². The third kappa shape index (κ3) is 3.89. The number of methoxy groups -OCH3 is 1. The number of carbonyl (C=O) groups is 1. The number of amides is 2. The van der Waals surface area contributed by atoms with E-state index in [2.05, 4.69) is 15.6 Å². The van der Waals surface area contributed by atoms with Gasteiger partial charge >= 0.3 is 11.7 Å². The molecule has 3 aromatic rings. The van der Waals surface area contributed by atoms with Crippen molar-refractivity contribution in [2.24, 2.45) is 0 Å². The number of urea groups is 1. The fraction of sp³-hybridized carbons (Fsp3) is 0.211. The predicted molar refractivity (Wildman–Crippen MR) is 102 cm³/mol. The zero-order valence-electron chi connectivity index (χ0n) is 14.7. The van der Waals surface area contributed by atoms with Crippen LogP contribution in [-0.4, -0.2) is 29.3 Å². The molecule has 0 bridgehead atoms. The van der Waals surface area contributed by atoms with Crippen LogP contribution in [-0.2, 0) is 11.3 Å². The quantitative estimate of drug-likeness (QED) is 0.739. The summed E-state index contributed by atoms with van der Waals surface area (Å²) in [4.78, 5) is 28.9. The lowest BCUT2D eigenvalue weighted by molar-refractivity contribution is 0.186. The molecular formula is C19H20N4O3. The number of nitrogens with zero attached hydrogens (tertiary/aromatic N) is 2. The Balaban J connectivity index is 1.95. The van der Waals surface area contributed by atoms with Crippen molar-refractivity contribution in [3.8, 4) is 0 Å². The Labute approximate surface area is 150 Å². The Morgan fingerprint density at radius 2 is 1.85 bits per heavy atom. The molecular weight excluding hydrogens is 332 g/mol. The minimum atomic E-state index is -0.439. The van der Waals surface area contributed by atoms with Crippen molar-refractivity contribution < 1.29 is 9.53 Å². The molecule has 0 unspecified atom stereocenters. The SMILES string of the molecule is COCCn1c(NC(=O)Nc2ccc(C)cc2)c2ccccc2nc1=O. The largest absolute Gasteiger partial charge is 0.383 e. The Kier molecular flexibility index (Phi) is 5.28. The van der Waals surface area contributed by atoms with E-state index in [0.29, 0.717) is 29.0 Å². The van der Waals surface area contributed by atoms with Gasteiger partial charge in [-0.25, -0.2) is 9.59 Å². The lowest BCUT2D eigenvalue weighted by Crippen LogP contribution is -2.30. The van der Waals surface area contributed by atoms with Gasteiger partial charge in [-0.2, -0.15) is 4.98 Å². The van der Waals surface area contributed by atoms with E-state index in [1.807, 2.05) is 43.3 Å². The van der Waals surface area contributed by atoms with E-state index in [1.54, 1.807) is 19.2 Å². The third-order valence-corrected chi connectivity index (χ3v) is 3.94. The molecule has 7 nitrogen and oxygen atoms in total. The van der Waals surface area contributed by atoms with Crippen LogP contribution in [0.25, 0.3) is 10.9 Å². The molecule has 3 rings (SSSR count). The van der Waals surface area contributed by atoms with Crippen molar-refractivity contribution in [3.63, 3.8) is 0 Å². The van der Waals surface area contributed by atoms with Crippen LogP contribution in [0.4, 0.5) is 16.3 Å². The topological polar surface area (TPSA) is 85.2 Å². The summed E-state index contributed by atoms with van der Waals surface area (Å²) >= 11 is 0. The summed E-state index contributed by atoms with van der Waals surface area (Å²) < 4.78 is 6.47. The van der Waals surface area contributed by atoms with E-state index in [0.717, 1.165) is 5.56 Å². The highest BCUT2D eigenvalue weighted by Crippen LogP contribution is 2.20. The molecule has 26 heavy (non-hydrogen) atoms. The lowest BCUT2D eigenvalue weighted by atomic mass is 10.2. The molecule has 2 aromatic carbocycles. The van der Waals surface area contributed by atoms with Gasteiger partial charge in [0.25, 0.3) is 0 Å². The fourth-order valence-corrected chi connectivity index (χ4v) is 2.61. The summed E-state index contributed by atoms with van der Waals surface area (Å²) in [6.45, 7) is 2.59. The first-order valence-electron chi connectivity index (χ1n) is 8.21. The normalized spacial score (nSPS) is 10.7. The van der Waals surface area contributed by atoms with Crippen LogP contribution in [0.2, 0.25) is 0 Å². The Hall–Kier alpha value is -3.19. The molecule has 7 heteroatoms. The second-order valence-electron chi connectivity index (χ2n) is 5.85. The molecule has 0 radical (unpaired) electrons. The average Bonchev–Trinajstić information content (AvgIpc) is 2.63. The highest BCUT2D eigenvalue weighted by molar-refractivity contribution is 6.04. The number of para-hydroxylation sites is 1. The van der Waals surface area contributed by atoms with E-state index in [4.69, 9.17) is 4.74 Å². The van der Waals surface area contributed by atoms with Gasteiger partial charge in [-0.1, -0.05) is 29.8 Å². The number of benzene rings is 2. The number of fused-ring (bicyclic) bond motifs is 1. The number of aromatic nitrogens is 2. The lowest BCUT2D eigenvalue weighted by Gasteiger charge is -2.16. The summed E-state index contributed by atoms with van der Waals surface area (Å²) in [6, 6.07) is 14.2. The fourth-order valence-electron chi connectivity index (χ4n) is 2.61. The van der Waals surface area contributed by atoms with E-state index < -0.39 is 11.7 Å². The first-order valence-corrected chi connectivity index (χ1v) is 8.21. The number of ether oxygens (including phenoxy) is 1. The highest BCUT2D eigenvalue weighted by atomic mass is 16.5. The highest BCUT2D eigenvalue weighted by Gasteiger charge is 2.14. The van der Waals surface area contributed by atoms with Gasteiger partial charge in [0, 0.05) is 18.2 Å². The van der Waals surface area contributed by atoms with Crippen LogP contribution in [0.15, 0.2) is 53.3 Å². The average molecular weight is 352 g/mol. The van der Waals surface area contributed by atoms with Crippen LogP contribution < -0.4 is 16.3 Å². The molecule has 2 amide bonds. The van der Waals surface area contributed by atoms with E-state index >= 15 is 0 Å². The Morgan fingerprint density at radius 3 is 2.58 bits per heavy atom. The summed E-state index contributed by atoms with van der Waals surface area (Å²) in [6.07, 6.45) is 0. The van der Waals surface area contributed by atoms with Crippen molar-refractivity contribution >= 4 is 28.4 Å². The predicted octanol–water partition coefficient (Wildman–Crippen LogP) is 3.00. The minimum absolute atomic E-state index is 0.285. The molecule has 134 valence electrons. The number of anilines is 2. The van der Waals surface area contributed by atoms with Crippen LogP contribution in [0.5, 0.6) is 0 Å². The van der Waals surface area contributed by atoms with Crippen molar-refractivity contribution in [3.05, 3.63) is 64.6 Å². The number of hydrogen-bond acceptors (Lipinski definition) is 4. The number of rotatable bonds is 5. The number of nitrogens with one attached hydrogen (secondary N) is 2. The first kappa shape index (κ1) is 17.6. The van der Waals surface area contributed by atoms with Gasteiger partial charge in [0.15, 0.2) is 0 Å². The maximum absolute atomic E-state index is 12.5. The molecule has 2 N–H and O–H groups in total. The van der Waals surface area contributed by atoms with Crippen molar-refractivity contribution in [1.29, 1.82) is 0 Å². The van der Waals surface area contributed by atoms with Gasteiger partial charge in [0.2, 0.25) is 0 Å². The maximum atomic E-state index is 12.5. The molecule has 0 spiro atoms. The second-order valence-corrected chi connectivity index (χ2v) is 5.85. The van der Waals surface area contributed by atoms with E-state index in [1.165, 1.54) is 4.57 Å². The third-order valence-electron chi connectivity index (χ3n) is 3.94. The monoisotopic (exact) mass is 352 g/mol. The van der Waals surface area contributed by atoms with Gasteiger partial charge in [-0.05, 0) is 31.2 Å². The van der Waals surface area contributed by atoms with Crippen LogP contribution in [0.3, 0.4) is 0 Å². The minimum Gasteiger partial charge on any atom is -0.383 e. The standard InChI is InChI=1S/C19H20N4O3/c1-13-7-9-14(10-8-13)20-18(24)22-17-15-5-3-4-6-16(15)21-19(25)23(17)11-12-26-2/h3-10H,11-12H2,1-2H3,(H2,20,22,24). The van der Waals surface area contributed by atoms with E-state index in [-0.39, 0.29) is 6.54 Å². The van der Waals surface area contributed by atoms with Crippen molar-refractivity contribution in [1.82, 2.24) is 9.55 Å². The molecule has 0 atom stereocenters. The van der Waals surface area contributed by atoms with Crippen molar-refractivity contribution in [2.45, 2.75) is 13.5 Å². The molecule has 0 saturated carbocycles. The van der Waals surface area contributed by atoms with Crippen LogP contribution in [0, 0.1) is 6.92 Å². The van der Waals surface area contributed by atoms with Gasteiger partial charge in [-0.3, -0.25) is 9.88 Å². The second kappa shape index (κ2) is 7.79. The molecule has 0 aliphatic heterocycles. The summed E-state index contributed by atoms with van der Waals surface area (Å²) in [5.74, 6) is 0.391. The molecule has 0 saturated heterocycles. The first-order chi connectivity index (χ1) is 12.6. The van der Waals surface area contributed by atoms with Crippen LogP contribution in [0.1, 0.15) is 5.56 Å². The number of carbonyl (C=O) groups excluding carboxylic acids is 1. The van der Waals surface area contributed by atoms with Gasteiger partial charge in [0.1, 0.15) is 5.82 Å². The zero-order valence-corrected chi connectivity index (χ0v) is 14.7. The number of aryl methyl sites for hydroxylation is 1.